The number of allylic oxidation sites excluding steroid dienone is 2. The average molecular weight is 455 g/mol. The van der Waals surface area contributed by atoms with Gasteiger partial charge in [-0.1, -0.05) is 13.5 Å². The van der Waals surface area contributed by atoms with Gasteiger partial charge >= 0.3 is 51.4 Å². The van der Waals surface area contributed by atoms with Gasteiger partial charge in [-0.25, -0.2) is 9.40 Å². The van der Waals surface area contributed by atoms with Gasteiger partial charge in [0.2, 0.25) is 0 Å². The third kappa shape index (κ3) is 7.40. The van der Waals surface area contributed by atoms with Crippen LogP contribution in [0.15, 0.2) is 55.0 Å². The maximum atomic E-state index is 13.5. The summed E-state index contributed by atoms with van der Waals surface area (Å²) >= 11 is 0. The largest absolute Gasteiger partial charge is 1.00 e. The minimum absolute atomic E-state index is 0. The van der Waals surface area contributed by atoms with Crippen molar-refractivity contribution in [1.82, 2.24) is 15.6 Å². The molecular weight excluding hydrogens is 418 g/mol. The van der Waals surface area contributed by atoms with Crippen molar-refractivity contribution >= 4 is 5.69 Å². The van der Waals surface area contributed by atoms with Crippen LogP contribution < -0.4 is 73.2 Å². The SMILES string of the molecule is C=C.C=C1Nc2ccc(F)cc2C1CC1NC(C)=C([N-]C)C1C.NN1CCNCC1.[K+]. The Bertz CT molecular complexity index is 762. The molecule has 5 N–H and O–H groups in total. The van der Waals surface area contributed by atoms with Crippen LogP contribution in [-0.4, -0.2) is 44.3 Å². The first-order valence-electron chi connectivity index (χ1n) is 10.4. The molecule has 0 aromatic heterocycles. The fourth-order valence-corrected chi connectivity index (χ4v) is 4.23. The number of rotatable bonds is 3. The Morgan fingerprint density at radius 1 is 1.26 bits per heavy atom. The molecule has 166 valence electrons. The number of nitrogens with one attached hydrogen (secondary N) is 3. The first kappa shape index (κ1) is 28.3. The van der Waals surface area contributed by atoms with Gasteiger partial charge in [-0.15, -0.1) is 25.9 Å². The van der Waals surface area contributed by atoms with E-state index in [1.54, 1.807) is 12.1 Å². The predicted octanol–water partition coefficient (Wildman–Crippen LogP) is 0.653. The summed E-state index contributed by atoms with van der Waals surface area (Å²) in [6.07, 6.45) is 0.889. The van der Waals surface area contributed by atoms with Gasteiger partial charge in [0.1, 0.15) is 5.82 Å². The zero-order valence-corrected chi connectivity index (χ0v) is 22.6. The van der Waals surface area contributed by atoms with Crippen LogP contribution in [-0.2, 0) is 0 Å². The number of benzene rings is 1. The summed E-state index contributed by atoms with van der Waals surface area (Å²) in [7, 11) is 1.83. The predicted molar refractivity (Wildman–Crippen MR) is 124 cm³/mol. The summed E-state index contributed by atoms with van der Waals surface area (Å²) in [6, 6.07) is 5.20. The summed E-state index contributed by atoms with van der Waals surface area (Å²) in [5.41, 5.74) is 5.21. The zero-order chi connectivity index (χ0) is 22.3. The van der Waals surface area contributed by atoms with Crippen molar-refractivity contribution < 1.29 is 55.8 Å². The third-order valence-corrected chi connectivity index (χ3v) is 5.81. The molecule has 0 bridgehead atoms. The van der Waals surface area contributed by atoms with Gasteiger partial charge in [0.05, 0.1) is 0 Å². The molecule has 1 aromatic rings. The molecule has 3 heterocycles. The molecule has 8 heteroatoms. The van der Waals surface area contributed by atoms with Crippen molar-refractivity contribution in [3.05, 3.63) is 71.7 Å². The Kier molecular flexibility index (Phi) is 12.6. The van der Waals surface area contributed by atoms with E-state index < -0.39 is 0 Å². The average Bonchev–Trinajstić information content (AvgIpc) is 3.19. The summed E-state index contributed by atoms with van der Waals surface area (Å²) in [4.78, 5) is 0. The monoisotopic (exact) mass is 454 g/mol. The van der Waals surface area contributed by atoms with E-state index in [0.717, 1.165) is 60.9 Å². The first-order valence-corrected chi connectivity index (χ1v) is 10.4. The maximum Gasteiger partial charge on any atom is 1.00 e. The molecule has 4 rings (SSSR count). The van der Waals surface area contributed by atoms with E-state index in [1.807, 2.05) is 12.1 Å². The second kappa shape index (κ2) is 13.7. The van der Waals surface area contributed by atoms with Crippen LogP contribution in [0.3, 0.4) is 0 Å². The van der Waals surface area contributed by atoms with E-state index in [-0.39, 0.29) is 63.1 Å². The van der Waals surface area contributed by atoms with E-state index in [1.165, 1.54) is 6.07 Å². The van der Waals surface area contributed by atoms with Crippen LogP contribution in [0.2, 0.25) is 0 Å². The van der Waals surface area contributed by atoms with Gasteiger partial charge in [0.25, 0.3) is 0 Å². The summed E-state index contributed by atoms with van der Waals surface area (Å²) in [6.45, 7) is 18.4. The van der Waals surface area contributed by atoms with Gasteiger partial charge < -0.3 is 21.3 Å². The van der Waals surface area contributed by atoms with Gasteiger partial charge in [-0.3, -0.25) is 5.84 Å². The van der Waals surface area contributed by atoms with Crippen LogP contribution in [0.4, 0.5) is 10.1 Å². The second-order valence-electron chi connectivity index (χ2n) is 7.73. The van der Waals surface area contributed by atoms with E-state index in [9.17, 15) is 4.39 Å². The molecule has 0 saturated carbocycles. The van der Waals surface area contributed by atoms with Crippen molar-refractivity contribution in [3.8, 4) is 0 Å². The Morgan fingerprint density at radius 3 is 2.42 bits per heavy atom. The summed E-state index contributed by atoms with van der Waals surface area (Å²) in [5, 5.41) is 16.2. The van der Waals surface area contributed by atoms with Gasteiger partial charge in [0, 0.05) is 49.5 Å². The van der Waals surface area contributed by atoms with Gasteiger partial charge in [0.15, 0.2) is 0 Å². The van der Waals surface area contributed by atoms with Crippen LogP contribution in [0.5, 0.6) is 0 Å². The smallest absolute Gasteiger partial charge is 0.689 e. The Hall–Kier alpha value is -0.714. The molecule has 3 aliphatic heterocycles. The van der Waals surface area contributed by atoms with E-state index in [2.05, 4.69) is 54.9 Å². The number of piperazine rings is 1. The normalized spacial score (nSPS) is 24.4. The standard InChI is InChI=1S/C17H21FN3.C4H11N3.C2H4.K/c1-9-16(21-11(3)17(9)19-4)8-13-10(2)20-15-6-5-12(18)7-14(13)15;5-7-3-1-6-2-4-7;1-2;/h5-7,9,13,16,20-21H,2,8H2,1,3-4H3;6H,1-5H2;1-2H2;/q-1;;;+1. The van der Waals surface area contributed by atoms with Crippen LogP contribution in [0, 0.1) is 11.7 Å². The molecule has 6 nitrogen and oxygen atoms in total. The van der Waals surface area contributed by atoms with Crippen molar-refractivity contribution in [3.63, 3.8) is 0 Å². The number of fused-ring (bicyclic) bond motifs is 1. The van der Waals surface area contributed by atoms with Gasteiger partial charge in [-0.05, 0) is 48.7 Å². The Balaban J connectivity index is 0.000000407. The number of hydrogen-bond acceptors (Lipinski definition) is 5. The van der Waals surface area contributed by atoms with Crippen molar-refractivity contribution in [2.24, 2.45) is 11.8 Å². The quantitative estimate of drug-likeness (QED) is 0.307. The molecule has 0 radical (unpaired) electrons. The molecule has 0 aliphatic carbocycles. The number of anilines is 1. The number of hydrazine groups is 1. The molecule has 3 aliphatic rings. The number of hydrogen-bond donors (Lipinski definition) is 4. The number of nitrogens with zero attached hydrogens (tertiary/aromatic N) is 2. The zero-order valence-electron chi connectivity index (χ0n) is 19.5. The Morgan fingerprint density at radius 2 is 1.90 bits per heavy atom. The number of nitrogens with two attached hydrogens (primary N) is 1. The van der Waals surface area contributed by atoms with E-state index in [4.69, 9.17) is 5.84 Å². The van der Waals surface area contributed by atoms with Crippen LogP contribution in [0.25, 0.3) is 5.32 Å². The first-order chi connectivity index (χ1) is 14.4. The van der Waals surface area contributed by atoms with Gasteiger partial charge in [-0.2, -0.15) is 0 Å². The molecule has 1 aromatic carbocycles. The second-order valence-corrected chi connectivity index (χ2v) is 7.73. The molecule has 1 saturated heterocycles. The van der Waals surface area contributed by atoms with Crippen molar-refractivity contribution in [2.45, 2.75) is 32.2 Å². The van der Waals surface area contributed by atoms with E-state index in [0.29, 0.717) is 12.0 Å². The van der Waals surface area contributed by atoms with Crippen LogP contribution in [0.1, 0.15) is 31.7 Å². The fourth-order valence-electron chi connectivity index (χ4n) is 4.23. The molecule has 0 spiro atoms. The van der Waals surface area contributed by atoms with E-state index >= 15 is 0 Å². The number of halogens is 1. The van der Waals surface area contributed by atoms with Crippen molar-refractivity contribution in [2.75, 3.05) is 38.5 Å². The molecular formula is C23H36FKN6. The topological polar surface area (TPSA) is 79.4 Å². The summed E-state index contributed by atoms with van der Waals surface area (Å²) in [5.74, 6) is 5.73. The molecule has 3 unspecified atom stereocenters. The minimum atomic E-state index is -0.193. The summed E-state index contributed by atoms with van der Waals surface area (Å²) < 4.78 is 13.5. The van der Waals surface area contributed by atoms with Crippen molar-refractivity contribution in [1.29, 1.82) is 0 Å². The molecule has 31 heavy (non-hydrogen) atoms. The molecule has 1 fully saturated rings. The third-order valence-electron chi connectivity index (χ3n) is 5.81. The minimum Gasteiger partial charge on any atom is -0.689 e. The molecule has 3 atom stereocenters. The molecule has 0 amide bonds. The van der Waals surface area contributed by atoms with Crippen LogP contribution >= 0.6 is 0 Å². The maximum absolute atomic E-state index is 13.5. The fraction of sp³-hybridized carbons (Fsp3) is 0.478. The Labute approximate surface area is 229 Å².